The number of piperidine rings is 1. The molecule has 2 aliphatic rings. The second-order valence-corrected chi connectivity index (χ2v) is 7.71. The maximum atomic E-state index is 12.8. The fourth-order valence-electron chi connectivity index (χ4n) is 3.52. The Morgan fingerprint density at radius 2 is 2.06 bits per heavy atom. The molecular weight excluding hydrogens is 400 g/mol. The molecular formula is C22H30N4O5. The van der Waals surface area contributed by atoms with Crippen molar-refractivity contribution in [1.29, 1.82) is 0 Å². The molecule has 0 saturated carbocycles. The molecule has 9 nitrogen and oxygen atoms in total. The van der Waals surface area contributed by atoms with E-state index in [1.807, 2.05) is 24.3 Å². The zero-order valence-corrected chi connectivity index (χ0v) is 17.8. The third-order valence-electron chi connectivity index (χ3n) is 5.33. The van der Waals surface area contributed by atoms with Crippen molar-refractivity contribution in [2.75, 3.05) is 26.2 Å². The van der Waals surface area contributed by atoms with Crippen LogP contribution < -0.4 is 5.43 Å². The van der Waals surface area contributed by atoms with Crippen molar-refractivity contribution < 1.29 is 24.3 Å². The molecule has 3 rings (SSSR count). The average molecular weight is 431 g/mol. The standard InChI is InChI=1S/C22H30N4O5/c1-2-3-10-23-24-14-16-4-6-17(7-5-16)19-13-20(31-25-19)22(29)26-11-8-18(9-12-26)30-15-21(27)28/h4-7,14,18,20,23H,2-3,8-13,15H2,1H3,(H,27,28). The first kappa shape index (κ1) is 22.7. The number of oxime groups is 1. The number of hydrazone groups is 1. The number of amides is 1. The summed E-state index contributed by atoms with van der Waals surface area (Å²) in [5, 5.41) is 17.0. The molecule has 0 spiro atoms. The van der Waals surface area contributed by atoms with Crippen LogP contribution in [0.5, 0.6) is 0 Å². The van der Waals surface area contributed by atoms with Crippen molar-refractivity contribution in [3.8, 4) is 0 Å². The molecule has 0 aliphatic carbocycles. The fourth-order valence-corrected chi connectivity index (χ4v) is 3.52. The minimum absolute atomic E-state index is 0.0858. The summed E-state index contributed by atoms with van der Waals surface area (Å²) in [6.45, 7) is 3.75. The Labute approximate surface area is 182 Å². The first-order chi connectivity index (χ1) is 15.1. The number of benzene rings is 1. The highest BCUT2D eigenvalue weighted by Crippen LogP contribution is 2.21. The van der Waals surface area contributed by atoms with E-state index < -0.39 is 12.1 Å². The normalized spacial score (nSPS) is 19.3. The predicted octanol–water partition coefficient (Wildman–Crippen LogP) is 2.00. The van der Waals surface area contributed by atoms with Gasteiger partial charge in [0.2, 0.25) is 6.10 Å². The van der Waals surface area contributed by atoms with Gasteiger partial charge in [0, 0.05) is 26.1 Å². The van der Waals surface area contributed by atoms with Gasteiger partial charge in [-0.1, -0.05) is 42.8 Å². The molecule has 1 unspecified atom stereocenters. The SMILES string of the molecule is CCCCNN=Cc1ccc(C2=NOC(C(=O)N3CCC(OCC(=O)O)CC3)C2)cc1. The number of carboxylic acids is 1. The maximum absolute atomic E-state index is 12.8. The summed E-state index contributed by atoms with van der Waals surface area (Å²) in [4.78, 5) is 30.5. The first-order valence-electron chi connectivity index (χ1n) is 10.8. The lowest BCUT2D eigenvalue weighted by Gasteiger charge is -2.32. The molecule has 2 N–H and O–H groups in total. The molecule has 1 saturated heterocycles. The number of unbranched alkanes of at least 4 members (excludes halogenated alkanes) is 1. The highest BCUT2D eigenvalue weighted by molar-refractivity contribution is 6.04. The highest BCUT2D eigenvalue weighted by atomic mass is 16.6. The molecule has 0 aromatic heterocycles. The summed E-state index contributed by atoms with van der Waals surface area (Å²) in [6, 6.07) is 7.82. The molecule has 1 aromatic rings. The summed E-state index contributed by atoms with van der Waals surface area (Å²) in [5.74, 6) is -1.07. The van der Waals surface area contributed by atoms with Gasteiger partial charge >= 0.3 is 5.97 Å². The van der Waals surface area contributed by atoms with Crippen LogP contribution in [0, 0.1) is 0 Å². The lowest BCUT2D eigenvalue weighted by Crippen LogP contribution is -2.45. The zero-order valence-electron chi connectivity index (χ0n) is 17.8. The molecule has 1 aromatic carbocycles. The first-order valence-corrected chi connectivity index (χ1v) is 10.8. The summed E-state index contributed by atoms with van der Waals surface area (Å²) in [5.41, 5.74) is 5.67. The number of hydrogen-bond donors (Lipinski definition) is 2. The van der Waals surface area contributed by atoms with Gasteiger partial charge in [-0.3, -0.25) is 4.79 Å². The quantitative estimate of drug-likeness (QED) is 0.333. The molecule has 0 radical (unpaired) electrons. The van der Waals surface area contributed by atoms with E-state index in [9.17, 15) is 9.59 Å². The van der Waals surface area contributed by atoms with E-state index in [2.05, 4.69) is 22.6 Å². The number of hydrogen-bond acceptors (Lipinski definition) is 7. The van der Waals surface area contributed by atoms with Crippen molar-refractivity contribution in [1.82, 2.24) is 10.3 Å². The number of rotatable bonds is 10. The monoisotopic (exact) mass is 430 g/mol. The smallest absolute Gasteiger partial charge is 0.329 e. The number of carbonyl (C=O) groups excluding carboxylic acids is 1. The Hall–Kier alpha value is -2.94. The van der Waals surface area contributed by atoms with Gasteiger partial charge in [0.25, 0.3) is 5.91 Å². The van der Waals surface area contributed by atoms with Crippen molar-refractivity contribution in [2.45, 2.75) is 51.2 Å². The molecule has 31 heavy (non-hydrogen) atoms. The summed E-state index contributed by atoms with van der Waals surface area (Å²) in [6.07, 6.45) is 4.93. The lowest BCUT2D eigenvalue weighted by atomic mass is 10.0. The third-order valence-corrected chi connectivity index (χ3v) is 5.33. The number of aliphatic carboxylic acids is 1. The van der Waals surface area contributed by atoms with Gasteiger partial charge in [-0.25, -0.2) is 4.79 Å². The second-order valence-electron chi connectivity index (χ2n) is 7.71. The van der Waals surface area contributed by atoms with Crippen LogP contribution in [0.2, 0.25) is 0 Å². The van der Waals surface area contributed by atoms with Crippen molar-refractivity contribution in [3.63, 3.8) is 0 Å². The molecule has 0 bridgehead atoms. The molecule has 2 heterocycles. The number of nitrogens with zero attached hydrogens (tertiary/aromatic N) is 3. The lowest BCUT2D eigenvalue weighted by molar-refractivity contribution is -0.149. The van der Waals surface area contributed by atoms with Gasteiger partial charge in [0.1, 0.15) is 6.61 Å². The highest BCUT2D eigenvalue weighted by Gasteiger charge is 2.34. The third kappa shape index (κ3) is 6.78. The average Bonchev–Trinajstić information content (AvgIpc) is 3.28. The van der Waals surface area contributed by atoms with Crippen LogP contribution in [-0.4, -0.2) is 72.3 Å². The molecule has 1 atom stereocenters. The topological polar surface area (TPSA) is 113 Å². The minimum Gasteiger partial charge on any atom is -0.480 e. The number of ether oxygens (including phenoxy) is 1. The summed E-state index contributed by atoms with van der Waals surface area (Å²) < 4.78 is 5.32. The Morgan fingerprint density at radius 1 is 1.32 bits per heavy atom. The zero-order chi connectivity index (χ0) is 22.1. The Morgan fingerprint density at radius 3 is 2.74 bits per heavy atom. The van der Waals surface area contributed by atoms with Crippen molar-refractivity contribution in [3.05, 3.63) is 35.4 Å². The van der Waals surface area contributed by atoms with Crippen LogP contribution in [0.4, 0.5) is 0 Å². The van der Waals surface area contributed by atoms with Gasteiger partial charge in [-0.2, -0.15) is 5.10 Å². The largest absolute Gasteiger partial charge is 0.480 e. The Kier molecular flexibility index (Phi) is 8.40. The van der Waals surface area contributed by atoms with Gasteiger partial charge < -0.3 is 25.0 Å². The van der Waals surface area contributed by atoms with E-state index in [4.69, 9.17) is 14.7 Å². The van der Waals surface area contributed by atoms with E-state index in [0.29, 0.717) is 32.4 Å². The summed E-state index contributed by atoms with van der Waals surface area (Å²) in [7, 11) is 0. The number of likely N-dealkylation sites (tertiary alicyclic amines) is 1. The van der Waals surface area contributed by atoms with Gasteiger partial charge in [0.15, 0.2) is 0 Å². The summed E-state index contributed by atoms with van der Waals surface area (Å²) >= 11 is 0. The van der Waals surface area contributed by atoms with Crippen molar-refractivity contribution >= 4 is 23.8 Å². The van der Waals surface area contributed by atoms with E-state index in [-0.39, 0.29) is 18.6 Å². The molecule has 1 amide bonds. The Balaban J connectivity index is 1.44. The number of carbonyl (C=O) groups is 2. The van der Waals surface area contributed by atoms with Crippen LogP contribution in [-0.2, 0) is 19.2 Å². The van der Waals surface area contributed by atoms with Crippen LogP contribution in [0.15, 0.2) is 34.5 Å². The van der Waals surface area contributed by atoms with Gasteiger partial charge in [-0.15, -0.1) is 0 Å². The van der Waals surface area contributed by atoms with Crippen molar-refractivity contribution in [2.24, 2.45) is 10.3 Å². The molecule has 168 valence electrons. The maximum Gasteiger partial charge on any atom is 0.329 e. The Bertz CT molecular complexity index is 801. The number of carboxylic acid groups (broad SMARTS) is 1. The fraction of sp³-hybridized carbons (Fsp3) is 0.545. The number of nitrogens with one attached hydrogen (secondary N) is 1. The van der Waals surface area contributed by atoms with Gasteiger partial charge in [0.05, 0.1) is 18.0 Å². The minimum atomic E-state index is -0.980. The van der Waals surface area contributed by atoms with Crippen LogP contribution in [0.1, 0.15) is 50.2 Å². The van der Waals surface area contributed by atoms with Crippen LogP contribution >= 0.6 is 0 Å². The molecule has 9 heteroatoms. The van der Waals surface area contributed by atoms with E-state index in [0.717, 1.165) is 36.2 Å². The predicted molar refractivity (Wildman–Crippen MR) is 116 cm³/mol. The molecule has 1 fully saturated rings. The van der Waals surface area contributed by atoms with Gasteiger partial charge in [-0.05, 0) is 30.4 Å². The molecule has 2 aliphatic heterocycles. The van der Waals surface area contributed by atoms with E-state index in [1.54, 1.807) is 11.1 Å². The van der Waals surface area contributed by atoms with E-state index in [1.165, 1.54) is 0 Å². The van der Waals surface area contributed by atoms with Crippen LogP contribution in [0.3, 0.4) is 0 Å². The van der Waals surface area contributed by atoms with E-state index >= 15 is 0 Å². The second kappa shape index (κ2) is 11.5. The van der Waals surface area contributed by atoms with Crippen LogP contribution in [0.25, 0.3) is 0 Å².